The van der Waals surface area contributed by atoms with E-state index in [-0.39, 0.29) is 6.04 Å². The summed E-state index contributed by atoms with van der Waals surface area (Å²) in [6.45, 7) is 2.80. The molecule has 1 heterocycles. The maximum absolute atomic E-state index is 5.67. The highest BCUT2D eigenvalue weighted by molar-refractivity contribution is 9.11. The summed E-state index contributed by atoms with van der Waals surface area (Å²) in [6.07, 6.45) is 4.61. The predicted molar refractivity (Wildman–Crippen MR) is 92.8 cm³/mol. The van der Waals surface area contributed by atoms with Crippen LogP contribution in [0.25, 0.3) is 0 Å². The van der Waals surface area contributed by atoms with Gasteiger partial charge < -0.3 is 10.1 Å². The highest BCUT2D eigenvalue weighted by Crippen LogP contribution is 2.29. The molecule has 112 valence electrons. The Hall–Kier alpha value is -0.910. The van der Waals surface area contributed by atoms with Crippen molar-refractivity contribution in [3.05, 3.63) is 56.7 Å². The van der Waals surface area contributed by atoms with E-state index in [2.05, 4.69) is 61.2 Å². The van der Waals surface area contributed by atoms with Crippen LogP contribution in [0.1, 0.15) is 30.5 Å². The summed E-state index contributed by atoms with van der Waals surface area (Å²) in [6, 6.07) is 8.33. The molecule has 3 nitrogen and oxygen atoms in total. The summed E-state index contributed by atoms with van der Waals surface area (Å²) in [7, 11) is 1.94. The van der Waals surface area contributed by atoms with Crippen molar-refractivity contribution in [3.8, 4) is 5.75 Å². The number of rotatable bonds is 6. The number of pyridine rings is 1. The molecule has 0 spiro atoms. The van der Waals surface area contributed by atoms with Crippen molar-refractivity contribution >= 4 is 31.9 Å². The normalized spacial score (nSPS) is 12.2. The van der Waals surface area contributed by atoms with Crippen molar-refractivity contribution in [2.75, 3.05) is 13.7 Å². The minimum Gasteiger partial charge on any atom is -0.492 e. The van der Waals surface area contributed by atoms with Gasteiger partial charge in [-0.1, -0.05) is 38.8 Å². The van der Waals surface area contributed by atoms with Gasteiger partial charge in [0, 0.05) is 15.1 Å². The van der Waals surface area contributed by atoms with E-state index in [4.69, 9.17) is 4.74 Å². The molecule has 1 atom stereocenters. The molecule has 1 unspecified atom stereocenters. The lowest BCUT2D eigenvalue weighted by Crippen LogP contribution is -2.18. The highest BCUT2D eigenvalue weighted by atomic mass is 79.9. The van der Waals surface area contributed by atoms with Gasteiger partial charge in [0.15, 0.2) is 0 Å². The molecular formula is C16H18Br2N2O. The Morgan fingerprint density at radius 2 is 1.81 bits per heavy atom. The van der Waals surface area contributed by atoms with E-state index < -0.39 is 0 Å². The topological polar surface area (TPSA) is 34.1 Å². The zero-order valence-corrected chi connectivity index (χ0v) is 15.2. The molecule has 1 N–H and O–H groups in total. The van der Waals surface area contributed by atoms with E-state index in [9.17, 15) is 0 Å². The standard InChI is InChI=1S/C16H18Br2N2O/c1-3-4-21-15-7-12(9-20-10-15)16(19-2)11-5-13(17)8-14(18)6-11/h5-10,16,19H,3-4H2,1-2H3. The lowest BCUT2D eigenvalue weighted by molar-refractivity contribution is 0.315. The molecule has 0 bridgehead atoms. The van der Waals surface area contributed by atoms with Crippen LogP contribution in [0.5, 0.6) is 5.75 Å². The van der Waals surface area contributed by atoms with E-state index in [0.717, 1.165) is 32.2 Å². The van der Waals surface area contributed by atoms with Crippen LogP contribution in [0.15, 0.2) is 45.6 Å². The average molecular weight is 414 g/mol. The monoisotopic (exact) mass is 412 g/mol. The van der Waals surface area contributed by atoms with Gasteiger partial charge in [-0.3, -0.25) is 4.98 Å². The van der Waals surface area contributed by atoms with Gasteiger partial charge in [-0.2, -0.15) is 0 Å². The summed E-state index contributed by atoms with van der Waals surface area (Å²) in [4.78, 5) is 4.29. The molecule has 1 aromatic carbocycles. The second-order valence-corrected chi connectivity index (χ2v) is 6.56. The number of ether oxygens (including phenoxy) is 1. The Morgan fingerprint density at radius 3 is 2.43 bits per heavy atom. The fourth-order valence-electron chi connectivity index (χ4n) is 2.16. The third-order valence-corrected chi connectivity index (χ3v) is 3.96. The van der Waals surface area contributed by atoms with Gasteiger partial charge in [-0.15, -0.1) is 0 Å². The van der Waals surface area contributed by atoms with Gasteiger partial charge in [0.1, 0.15) is 5.75 Å². The largest absolute Gasteiger partial charge is 0.492 e. The summed E-state index contributed by atoms with van der Waals surface area (Å²) in [5, 5.41) is 3.34. The lowest BCUT2D eigenvalue weighted by Gasteiger charge is -2.18. The fourth-order valence-corrected chi connectivity index (χ4v) is 3.49. The van der Waals surface area contributed by atoms with E-state index >= 15 is 0 Å². The molecule has 0 aliphatic heterocycles. The van der Waals surface area contributed by atoms with Gasteiger partial charge in [-0.25, -0.2) is 0 Å². The Kier molecular flexibility index (Phi) is 6.21. The van der Waals surface area contributed by atoms with Crippen LogP contribution in [0.2, 0.25) is 0 Å². The van der Waals surface area contributed by atoms with Crippen molar-refractivity contribution in [3.63, 3.8) is 0 Å². The van der Waals surface area contributed by atoms with Crippen molar-refractivity contribution in [2.45, 2.75) is 19.4 Å². The van der Waals surface area contributed by atoms with Crippen LogP contribution >= 0.6 is 31.9 Å². The van der Waals surface area contributed by atoms with Crippen LogP contribution in [0.4, 0.5) is 0 Å². The second-order valence-electron chi connectivity index (χ2n) is 4.73. The van der Waals surface area contributed by atoms with Crippen molar-refractivity contribution in [1.29, 1.82) is 0 Å². The van der Waals surface area contributed by atoms with E-state index in [1.807, 2.05) is 25.4 Å². The van der Waals surface area contributed by atoms with Crippen molar-refractivity contribution < 1.29 is 4.74 Å². The van der Waals surface area contributed by atoms with Gasteiger partial charge in [0.2, 0.25) is 0 Å². The Bertz CT molecular complexity index is 584. The molecule has 0 radical (unpaired) electrons. The number of nitrogens with one attached hydrogen (secondary N) is 1. The minimum atomic E-state index is 0.0662. The number of aromatic nitrogens is 1. The zero-order chi connectivity index (χ0) is 15.2. The first-order valence-electron chi connectivity index (χ1n) is 6.85. The highest BCUT2D eigenvalue weighted by Gasteiger charge is 2.14. The molecular weight excluding hydrogens is 396 g/mol. The molecule has 0 aliphatic carbocycles. The Balaban J connectivity index is 2.32. The lowest BCUT2D eigenvalue weighted by atomic mass is 10.0. The fraction of sp³-hybridized carbons (Fsp3) is 0.312. The van der Waals surface area contributed by atoms with E-state index in [1.165, 1.54) is 0 Å². The molecule has 2 rings (SSSR count). The quantitative estimate of drug-likeness (QED) is 0.744. The van der Waals surface area contributed by atoms with Crippen molar-refractivity contribution in [1.82, 2.24) is 10.3 Å². The average Bonchev–Trinajstić information content (AvgIpc) is 2.45. The van der Waals surface area contributed by atoms with Crippen molar-refractivity contribution in [2.24, 2.45) is 0 Å². The van der Waals surface area contributed by atoms with Crippen LogP contribution in [0, 0.1) is 0 Å². The van der Waals surface area contributed by atoms with Crippen LogP contribution in [0.3, 0.4) is 0 Å². The van der Waals surface area contributed by atoms with Crippen LogP contribution in [-0.4, -0.2) is 18.6 Å². The molecule has 0 amide bonds. The molecule has 2 aromatic rings. The molecule has 0 aliphatic rings. The van der Waals surface area contributed by atoms with E-state index in [1.54, 1.807) is 6.20 Å². The van der Waals surface area contributed by atoms with E-state index in [0.29, 0.717) is 6.61 Å². The van der Waals surface area contributed by atoms with Crippen LogP contribution < -0.4 is 10.1 Å². The molecule has 0 fully saturated rings. The first-order valence-corrected chi connectivity index (χ1v) is 8.43. The van der Waals surface area contributed by atoms with Gasteiger partial charge >= 0.3 is 0 Å². The van der Waals surface area contributed by atoms with Gasteiger partial charge in [-0.05, 0) is 48.9 Å². The molecule has 0 saturated heterocycles. The smallest absolute Gasteiger partial charge is 0.137 e. The first kappa shape index (κ1) is 16.5. The Labute approximate surface area is 142 Å². The molecule has 21 heavy (non-hydrogen) atoms. The van der Waals surface area contributed by atoms with Gasteiger partial charge in [0.25, 0.3) is 0 Å². The summed E-state index contributed by atoms with van der Waals surface area (Å²) in [5.74, 6) is 0.809. The maximum Gasteiger partial charge on any atom is 0.137 e. The number of hydrogen-bond donors (Lipinski definition) is 1. The molecule has 0 saturated carbocycles. The summed E-state index contributed by atoms with van der Waals surface area (Å²) < 4.78 is 7.75. The number of nitrogens with zero attached hydrogens (tertiary/aromatic N) is 1. The third kappa shape index (κ3) is 4.53. The minimum absolute atomic E-state index is 0.0662. The SMILES string of the molecule is CCCOc1cncc(C(NC)c2cc(Br)cc(Br)c2)c1. The Morgan fingerprint density at radius 1 is 1.10 bits per heavy atom. The van der Waals surface area contributed by atoms with Gasteiger partial charge in [0.05, 0.1) is 18.8 Å². The summed E-state index contributed by atoms with van der Waals surface area (Å²) >= 11 is 7.07. The first-order chi connectivity index (χ1) is 10.1. The maximum atomic E-state index is 5.67. The molecule has 5 heteroatoms. The van der Waals surface area contributed by atoms with Crippen LogP contribution in [-0.2, 0) is 0 Å². The zero-order valence-electron chi connectivity index (χ0n) is 12.1. The number of hydrogen-bond acceptors (Lipinski definition) is 3. The molecule has 1 aromatic heterocycles. The predicted octanol–water partition coefficient (Wildman–Crippen LogP) is 4.70. The third-order valence-electron chi connectivity index (χ3n) is 3.05. The number of halogens is 2. The number of benzene rings is 1. The second kappa shape index (κ2) is 7.92. The summed E-state index contributed by atoms with van der Waals surface area (Å²) in [5.41, 5.74) is 2.24.